The number of H-pyrrole nitrogens is 1. The van der Waals surface area contributed by atoms with E-state index in [0.717, 1.165) is 16.9 Å². The van der Waals surface area contributed by atoms with E-state index in [-0.39, 0.29) is 5.91 Å². The van der Waals surface area contributed by atoms with E-state index in [1.807, 2.05) is 31.2 Å². The normalized spacial score (nSPS) is 10.6. The maximum atomic E-state index is 12.3. The third-order valence-corrected chi connectivity index (χ3v) is 3.21. The molecule has 0 atom stereocenters. The average molecular weight is 281 g/mol. The van der Waals surface area contributed by atoms with E-state index in [1.165, 1.54) is 0 Å². The highest BCUT2D eigenvalue weighted by Gasteiger charge is 2.12. The van der Waals surface area contributed by atoms with Gasteiger partial charge >= 0.3 is 0 Å². The Morgan fingerprint density at radius 1 is 1.24 bits per heavy atom. The molecule has 5 heteroatoms. The van der Waals surface area contributed by atoms with Crippen molar-refractivity contribution in [2.45, 2.75) is 6.92 Å². The van der Waals surface area contributed by atoms with Gasteiger partial charge in [0.2, 0.25) is 0 Å². The Morgan fingerprint density at radius 3 is 2.86 bits per heavy atom. The van der Waals surface area contributed by atoms with Crippen molar-refractivity contribution < 1.29 is 9.53 Å². The predicted molar refractivity (Wildman–Crippen MR) is 81.8 cm³/mol. The summed E-state index contributed by atoms with van der Waals surface area (Å²) in [5.74, 6) is 1.19. The lowest BCUT2D eigenvalue weighted by Gasteiger charge is -2.09. The van der Waals surface area contributed by atoms with Crippen LogP contribution in [0.15, 0.2) is 42.5 Å². The van der Waals surface area contributed by atoms with Crippen LogP contribution in [-0.2, 0) is 0 Å². The summed E-state index contributed by atoms with van der Waals surface area (Å²) in [6, 6.07) is 12.7. The molecule has 1 aromatic heterocycles. The lowest BCUT2D eigenvalue weighted by molar-refractivity contribution is 0.102. The van der Waals surface area contributed by atoms with E-state index in [2.05, 4.69) is 15.3 Å². The quantitative estimate of drug-likeness (QED) is 0.775. The molecular weight excluding hydrogens is 266 g/mol. The van der Waals surface area contributed by atoms with Crippen molar-refractivity contribution in [2.75, 3.05) is 12.4 Å². The number of fused-ring (bicyclic) bond motifs is 1. The number of aromatic amines is 1. The first-order valence-corrected chi connectivity index (χ1v) is 6.58. The number of amides is 1. The lowest BCUT2D eigenvalue weighted by Crippen LogP contribution is -2.13. The summed E-state index contributed by atoms with van der Waals surface area (Å²) in [6.07, 6.45) is 0. The summed E-state index contributed by atoms with van der Waals surface area (Å²) in [5, 5.41) is 2.87. The average Bonchev–Trinajstić information content (AvgIpc) is 2.86. The maximum absolute atomic E-state index is 12.3. The Hall–Kier alpha value is -2.82. The zero-order valence-corrected chi connectivity index (χ0v) is 11.8. The molecule has 0 fully saturated rings. The number of methoxy groups -OCH3 is 1. The Kier molecular flexibility index (Phi) is 3.31. The summed E-state index contributed by atoms with van der Waals surface area (Å²) in [4.78, 5) is 19.8. The van der Waals surface area contributed by atoms with Crippen LogP contribution in [0.3, 0.4) is 0 Å². The molecule has 0 saturated heterocycles. The van der Waals surface area contributed by atoms with Gasteiger partial charge in [-0.3, -0.25) is 4.79 Å². The van der Waals surface area contributed by atoms with Crippen molar-refractivity contribution in [2.24, 2.45) is 0 Å². The largest absolute Gasteiger partial charge is 0.496 e. The molecule has 0 aliphatic carbocycles. The topological polar surface area (TPSA) is 67.0 Å². The minimum absolute atomic E-state index is 0.206. The van der Waals surface area contributed by atoms with Crippen molar-refractivity contribution in [3.8, 4) is 5.75 Å². The Bertz CT molecular complexity index is 808. The standard InChI is InChI=1S/C16H15N3O2/c1-10-17-13-8-7-11(9-14(13)18-10)19-16(20)12-5-3-4-6-15(12)21-2/h3-9H,1-2H3,(H,17,18)(H,19,20). The van der Waals surface area contributed by atoms with Crippen molar-refractivity contribution >= 4 is 22.6 Å². The van der Waals surface area contributed by atoms with Gasteiger partial charge in [-0.15, -0.1) is 0 Å². The van der Waals surface area contributed by atoms with Gasteiger partial charge in [0, 0.05) is 5.69 Å². The molecule has 5 nitrogen and oxygen atoms in total. The lowest BCUT2D eigenvalue weighted by atomic mass is 10.2. The van der Waals surface area contributed by atoms with Gasteiger partial charge in [0.25, 0.3) is 5.91 Å². The summed E-state index contributed by atoms with van der Waals surface area (Å²) in [7, 11) is 1.55. The highest BCUT2D eigenvalue weighted by Crippen LogP contribution is 2.21. The number of rotatable bonds is 3. The number of imidazole rings is 1. The third kappa shape index (κ3) is 2.58. The second-order valence-corrected chi connectivity index (χ2v) is 4.71. The van der Waals surface area contributed by atoms with Crippen LogP contribution in [0.5, 0.6) is 5.75 Å². The van der Waals surface area contributed by atoms with Gasteiger partial charge in [0.1, 0.15) is 11.6 Å². The van der Waals surface area contributed by atoms with E-state index in [0.29, 0.717) is 17.0 Å². The molecule has 0 saturated carbocycles. The number of anilines is 1. The smallest absolute Gasteiger partial charge is 0.259 e. The molecule has 0 unspecified atom stereocenters. The SMILES string of the molecule is COc1ccccc1C(=O)Nc1ccc2nc(C)[nH]c2c1. The van der Waals surface area contributed by atoms with Crippen molar-refractivity contribution in [1.82, 2.24) is 9.97 Å². The van der Waals surface area contributed by atoms with Crippen LogP contribution < -0.4 is 10.1 Å². The number of nitrogens with one attached hydrogen (secondary N) is 2. The van der Waals surface area contributed by atoms with E-state index in [1.54, 1.807) is 25.3 Å². The molecule has 2 N–H and O–H groups in total. The molecule has 1 heterocycles. The van der Waals surface area contributed by atoms with Crippen molar-refractivity contribution in [3.63, 3.8) is 0 Å². The van der Waals surface area contributed by atoms with Gasteiger partial charge in [-0.05, 0) is 37.3 Å². The van der Waals surface area contributed by atoms with Crippen LogP contribution in [0.1, 0.15) is 16.2 Å². The van der Waals surface area contributed by atoms with Crippen LogP contribution >= 0.6 is 0 Å². The predicted octanol–water partition coefficient (Wildman–Crippen LogP) is 3.13. The second-order valence-electron chi connectivity index (χ2n) is 4.71. The van der Waals surface area contributed by atoms with Crippen LogP contribution in [0.25, 0.3) is 11.0 Å². The molecular formula is C16H15N3O2. The zero-order valence-electron chi connectivity index (χ0n) is 11.8. The first-order chi connectivity index (χ1) is 10.2. The summed E-state index contributed by atoms with van der Waals surface area (Å²) >= 11 is 0. The van der Waals surface area contributed by atoms with E-state index in [9.17, 15) is 4.79 Å². The minimum Gasteiger partial charge on any atom is -0.496 e. The molecule has 0 radical (unpaired) electrons. The highest BCUT2D eigenvalue weighted by atomic mass is 16.5. The fourth-order valence-corrected chi connectivity index (χ4v) is 2.25. The third-order valence-electron chi connectivity index (χ3n) is 3.21. The molecule has 21 heavy (non-hydrogen) atoms. The monoisotopic (exact) mass is 281 g/mol. The minimum atomic E-state index is -0.206. The van der Waals surface area contributed by atoms with Gasteiger partial charge in [-0.25, -0.2) is 4.98 Å². The van der Waals surface area contributed by atoms with Gasteiger partial charge in [-0.2, -0.15) is 0 Å². The summed E-state index contributed by atoms with van der Waals surface area (Å²) in [6.45, 7) is 1.90. The van der Waals surface area contributed by atoms with Gasteiger partial charge in [-0.1, -0.05) is 12.1 Å². The molecule has 3 aromatic rings. The highest BCUT2D eigenvalue weighted by molar-refractivity contribution is 6.06. The van der Waals surface area contributed by atoms with E-state index >= 15 is 0 Å². The number of hydrogen-bond acceptors (Lipinski definition) is 3. The molecule has 2 aromatic carbocycles. The van der Waals surface area contributed by atoms with Gasteiger partial charge in [0.05, 0.1) is 23.7 Å². The van der Waals surface area contributed by atoms with Crippen LogP contribution in [0.2, 0.25) is 0 Å². The first kappa shape index (κ1) is 13.2. The second kappa shape index (κ2) is 5.28. The Labute approximate surface area is 122 Å². The Morgan fingerprint density at radius 2 is 2.05 bits per heavy atom. The number of aryl methyl sites for hydroxylation is 1. The number of nitrogens with zero attached hydrogens (tertiary/aromatic N) is 1. The van der Waals surface area contributed by atoms with E-state index < -0.39 is 0 Å². The molecule has 0 aliphatic heterocycles. The molecule has 0 aliphatic rings. The number of hydrogen-bond donors (Lipinski definition) is 2. The number of carbonyl (C=O) groups excluding carboxylic acids is 1. The van der Waals surface area contributed by atoms with Crippen molar-refractivity contribution in [3.05, 3.63) is 53.9 Å². The summed E-state index contributed by atoms with van der Waals surface area (Å²) in [5.41, 5.74) is 2.98. The first-order valence-electron chi connectivity index (χ1n) is 6.58. The maximum Gasteiger partial charge on any atom is 0.259 e. The van der Waals surface area contributed by atoms with Crippen molar-refractivity contribution in [1.29, 1.82) is 0 Å². The molecule has 1 amide bonds. The Balaban J connectivity index is 1.88. The fraction of sp³-hybridized carbons (Fsp3) is 0.125. The summed E-state index contributed by atoms with van der Waals surface area (Å²) < 4.78 is 5.20. The molecule has 0 spiro atoms. The molecule has 3 rings (SSSR count). The molecule has 0 bridgehead atoms. The number of para-hydroxylation sites is 1. The number of aromatic nitrogens is 2. The number of benzene rings is 2. The fourth-order valence-electron chi connectivity index (χ4n) is 2.25. The van der Waals surface area contributed by atoms with E-state index in [4.69, 9.17) is 4.74 Å². The van der Waals surface area contributed by atoms with Gasteiger partial charge in [0.15, 0.2) is 0 Å². The van der Waals surface area contributed by atoms with Crippen LogP contribution in [-0.4, -0.2) is 23.0 Å². The van der Waals surface area contributed by atoms with Crippen LogP contribution in [0.4, 0.5) is 5.69 Å². The molecule has 106 valence electrons. The number of ether oxygens (including phenoxy) is 1. The van der Waals surface area contributed by atoms with Gasteiger partial charge < -0.3 is 15.0 Å². The number of carbonyl (C=O) groups is 1. The zero-order chi connectivity index (χ0) is 14.8. The van der Waals surface area contributed by atoms with Crippen LogP contribution in [0, 0.1) is 6.92 Å².